The molecular formula is C12H23ClN2O4. The van der Waals surface area contributed by atoms with Crippen LogP contribution in [0.25, 0.3) is 0 Å². The van der Waals surface area contributed by atoms with Gasteiger partial charge in [0.15, 0.2) is 0 Å². The van der Waals surface area contributed by atoms with Crippen molar-refractivity contribution in [3.63, 3.8) is 0 Å². The lowest BCUT2D eigenvalue weighted by Crippen LogP contribution is -2.57. The maximum atomic E-state index is 12.3. The molecule has 0 spiro atoms. The van der Waals surface area contributed by atoms with Crippen molar-refractivity contribution in [1.82, 2.24) is 10.6 Å². The van der Waals surface area contributed by atoms with Crippen molar-refractivity contribution in [3.8, 4) is 0 Å². The van der Waals surface area contributed by atoms with E-state index in [4.69, 9.17) is 4.74 Å². The van der Waals surface area contributed by atoms with Crippen LogP contribution < -0.4 is 10.6 Å². The second-order valence-electron chi connectivity index (χ2n) is 4.41. The Labute approximate surface area is 120 Å². The zero-order valence-corrected chi connectivity index (χ0v) is 12.5. The molecule has 1 rings (SSSR count). The van der Waals surface area contributed by atoms with Crippen molar-refractivity contribution >= 4 is 24.3 Å². The summed E-state index contributed by atoms with van der Waals surface area (Å²) >= 11 is 0. The first kappa shape index (κ1) is 18.1. The van der Waals surface area contributed by atoms with Gasteiger partial charge in [0.1, 0.15) is 11.6 Å². The van der Waals surface area contributed by atoms with Crippen molar-refractivity contribution in [3.05, 3.63) is 0 Å². The molecule has 1 amide bonds. The van der Waals surface area contributed by atoms with E-state index < -0.39 is 17.6 Å². The summed E-state index contributed by atoms with van der Waals surface area (Å²) in [6, 6.07) is -0.607. The number of carbonyl (C=O) groups is 2. The Hall–Kier alpha value is -0.850. The Bertz CT molecular complexity index is 306. The van der Waals surface area contributed by atoms with E-state index in [1.807, 2.05) is 6.92 Å². The van der Waals surface area contributed by atoms with Crippen LogP contribution in [0.4, 0.5) is 0 Å². The molecule has 2 N–H and O–H groups in total. The number of ether oxygens (including phenoxy) is 2. The molecule has 1 aliphatic heterocycles. The molecule has 6 nitrogen and oxygen atoms in total. The average molecular weight is 295 g/mol. The van der Waals surface area contributed by atoms with Gasteiger partial charge < -0.3 is 20.1 Å². The van der Waals surface area contributed by atoms with Gasteiger partial charge in [0.25, 0.3) is 5.91 Å². The molecule has 0 aliphatic carbocycles. The Balaban J connectivity index is 0.00000324. The highest BCUT2D eigenvalue weighted by molar-refractivity contribution is 5.89. The topological polar surface area (TPSA) is 76.7 Å². The zero-order valence-electron chi connectivity index (χ0n) is 11.7. The summed E-state index contributed by atoms with van der Waals surface area (Å²) in [5.41, 5.74) is -0.827. The largest absolute Gasteiger partial charge is 0.467 e. The van der Waals surface area contributed by atoms with Crippen molar-refractivity contribution in [2.75, 3.05) is 27.3 Å². The van der Waals surface area contributed by atoms with Crippen LogP contribution in [0.5, 0.6) is 0 Å². The predicted molar refractivity (Wildman–Crippen MR) is 73.3 cm³/mol. The van der Waals surface area contributed by atoms with E-state index in [-0.39, 0.29) is 18.3 Å². The number of nitrogens with one attached hydrogen (secondary N) is 2. The standard InChI is InChI=1S/C12H22N2O4.ClH/c1-4-9(10(15)17-2)14-11(16)12(18-3)5-7-13-8-6-12;/h9,13H,4-8H2,1-3H3,(H,14,16);1H. The molecule has 1 heterocycles. The van der Waals surface area contributed by atoms with Crippen molar-refractivity contribution in [1.29, 1.82) is 0 Å². The smallest absolute Gasteiger partial charge is 0.328 e. The van der Waals surface area contributed by atoms with E-state index in [1.165, 1.54) is 14.2 Å². The highest BCUT2D eigenvalue weighted by Gasteiger charge is 2.41. The summed E-state index contributed by atoms with van der Waals surface area (Å²) in [5, 5.41) is 5.89. The van der Waals surface area contributed by atoms with E-state index in [1.54, 1.807) is 0 Å². The Morgan fingerprint density at radius 2 is 1.89 bits per heavy atom. The Kier molecular flexibility index (Phi) is 7.97. The van der Waals surface area contributed by atoms with Gasteiger partial charge in [-0.05, 0) is 32.4 Å². The summed E-state index contributed by atoms with van der Waals surface area (Å²) in [5.74, 6) is -0.658. The Morgan fingerprint density at radius 3 is 2.32 bits per heavy atom. The molecule has 1 atom stereocenters. The lowest BCUT2D eigenvalue weighted by Gasteiger charge is -2.35. The summed E-state index contributed by atoms with van der Waals surface area (Å²) in [6.45, 7) is 3.29. The van der Waals surface area contributed by atoms with Crippen LogP contribution in [0.15, 0.2) is 0 Å². The summed E-state index contributed by atoms with van der Waals surface area (Å²) in [7, 11) is 2.85. The number of methoxy groups -OCH3 is 2. The molecule has 1 saturated heterocycles. The highest BCUT2D eigenvalue weighted by atomic mass is 35.5. The van der Waals surface area contributed by atoms with Crippen molar-refractivity contribution in [2.45, 2.75) is 37.8 Å². The summed E-state index contributed by atoms with van der Waals surface area (Å²) in [4.78, 5) is 23.7. The van der Waals surface area contributed by atoms with Crippen LogP contribution >= 0.6 is 12.4 Å². The van der Waals surface area contributed by atoms with Crippen LogP contribution in [-0.2, 0) is 19.1 Å². The molecule has 19 heavy (non-hydrogen) atoms. The SMILES string of the molecule is CCC(NC(=O)C1(OC)CCNCC1)C(=O)OC.Cl. The van der Waals surface area contributed by atoms with E-state index in [9.17, 15) is 9.59 Å². The van der Waals surface area contributed by atoms with Gasteiger partial charge in [0.2, 0.25) is 0 Å². The fourth-order valence-corrected chi connectivity index (χ4v) is 2.11. The first-order valence-corrected chi connectivity index (χ1v) is 6.24. The molecule has 0 saturated carbocycles. The van der Waals surface area contributed by atoms with Gasteiger partial charge in [-0.15, -0.1) is 12.4 Å². The molecule has 0 radical (unpaired) electrons. The fraction of sp³-hybridized carbons (Fsp3) is 0.833. The zero-order chi connectivity index (χ0) is 13.6. The normalized spacial score (nSPS) is 18.9. The van der Waals surface area contributed by atoms with Gasteiger partial charge in [-0.1, -0.05) is 6.92 Å². The van der Waals surface area contributed by atoms with Crippen molar-refractivity contribution < 1.29 is 19.1 Å². The second-order valence-corrected chi connectivity index (χ2v) is 4.41. The number of hydrogen-bond donors (Lipinski definition) is 2. The predicted octanol–water partition coefficient (Wildman–Crippen LogP) is 0.245. The molecule has 7 heteroatoms. The third kappa shape index (κ3) is 4.33. The van der Waals surface area contributed by atoms with Gasteiger partial charge in [0.05, 0.1) is 7.11 Å². The van der Waals surface area contributed by atoms with Gasteiger partial charge in [0, 0.05) is 7.11 Å². The number of piperidine rings is 1. The van der Waals surface area contributed by atoms with Crippen LogP contribution in [-0.4, -0.2) is 50.8 Å². The third-order valence-electron chi connectivity index (χ3n) is 3.42. The highest BCUT2D eigenvalue weighted by Crippen LogP contribution is 2.22. The number of carbonyl (C=O) groups excluding carboxylic acids is 2. The molecule has 0 bridgehead atoms. The lowest BCUT2D eigenvalue weighted by atomic mass is 9.90. The first-order valence-electron chi connectivity index (χ1n) is 6.24. The maximum absolute atomic E-state index is 12.3. The lowest BCUT2D eigenvalue weighted by molar-refractivity contribution is -0.153. The summed E-state index contributed by atoms with van der Waals surface area (Å²) in [6.07, 6.45) is 1.70. The van der Waals surface area contributed by atoms with Gasteiger partial charge >= 0.3 is 5.97 Å². The van der Waals surface area contributed by atoms with E-state index in [0.717, 1.165) is 13.1 Å². The van der Waals surface area contributed by atoms with Gasteiger partial charge in [-0.2, -0.15) is 0 Å². The minimum Gasteiger partial charge on any atom is -0.467 e. The fourth-order valence-electron chi connectivity index (χ4n) is 2.11. The molecule has 1 aliphatic rings. The maximum Gasteiger partial charge on any atom is 0.328 e. The molecule has 1 fully saturated rings. The molecular weight excluding hydrogens is 272 g/mol. The van der Waals surface area contributed by atoms with E-state index >= 15 is 0 Å². The third-order valence-corrected chi connectivity index (χ3v) is 3.42. The number of hydrogen-bond acceptors (Lipinski definition) is 5. The van der Waals surface area contributed by atoms with Crippen molar-refractivity contribution in [2.24, 2.45) is 0 Å². The number of esters is 1. The van der Waals surface area contributed by atoms with Crippen LogP contribution in [0, 0.1) is 0 Å². The first-order chi connectivity index (χ1) is 8.59. The summed E-state index contributed by atoms with van der Waals surface area (Å²) < 4.78 is 10.0. The van der Waals surface area contributed by atoms with E-state index in [0.29, 0.717) is 19.3 Å². The molecule has 0 aromatic rings. The number of rotatable bonds is 5. The van der Waals surface area contributed by atoms with E-state index in [2.05, 4.69) is 15.4 Å². The molecule has 112 valence electrons. The second kappa shape index (κ2) is 8.35. The number of halogens is 1. The average Bonchev–Trinajstić information content (AvgIpc) is 2.44. The van der Waals surface area contributed by atoms with Crippen LogP contribution in [0.3, 0.4) is 0 Å². The molecule has 1 unspecified atom stereocenters. The monoisotopic (exact) mass is 294 g/mol. The number of amides is 1. The van der Waals surface area contributed by atoms with Gasteiger partial charge in [-0.25, -0.2) is 4.79 Å². The molecule has 0 aromatic heterocycles. The Morgan fingerprint density at radius 1 is 1.32 bits per heavy atom. The minimum atomic E-state index is -0.827. The minimum absolute atomic E-state index is 0. The molecule has 0 aromatic carbocycles. The van der Waals surface area contributed by atoms with Gasteiger partial charge in [-0.3, -0.25) is 4.79 Å². The van der Waals surface area contributed by atoms with Crippen LogP contribution in [0.2, 0.25) is 0 Å². The van der Waals surface area contributed by atoms with Crippen LogP contribution in [0.1, 0.15) is 26.2 Å². The quantitative estimate of drug-likeness (QED) is 0.711.